The van der Waals surface area contributed by atoms with Crippen LogP contribution in [0.25, 0.3) is 11.3 Å². The number of carboxylic acid groups (broad SMARTS) is 1. The highest BCUT2D eigenvalue weighted by atomic mass is 35.5. The molecule has 4 aromatic rings. The first-order valence-electron chi connectivity index (χ1n) is 10.1. The first kappa shape index (κ1) is 21.2. The van der Waals surface area contributed by atoms with Crippen molar-refractivity contribution in [1.82, 2.24) is 15.2 Å². The van der Waals surface area contributed by atoms with E-state index in [2.05, 4.69) is 10.3 Å². The Labute approximate surface area is 199 Å². The van der Waals surface area contributed by atoms with Gasteiger partial charge in [0.2, 0.25) is 0 Å². The third-order valence-electron chi connectivity index (χ3n) is 5.50. The third kappa shape index (κ3) is 4.10. The van der Waals surface area contributed by atoms with Crippen LogP contribution in [0.3, 0.4) is 0 Å². The summed E-state index contributed by atoms with van der Waals surface area (Å²) in [6, 6.07) is 17.0. The number of benzene rings is 1. The van der Waals surface area contributed by atoms with Crippen molar-refractivity contribution in [2.24, 2.45) is 0 Å². The number of halogens is 1. The van der Waals surface area contributed by atoms with Gasteiger partial charge in [-0.2, -0.15) is 0 Å². The molecule has 0 unspecified atom stereocenters. The second-order valence-electron chi connectivity index (χ2n) is 7.54. The molecule has 1 aliphatic heterocycles. The lowest BCUT2D eigenvalue weighted by Crippen LogP contribution is -2.28. The van der Waals surface area contributed by atoms with Gasteiger partial charge in [0, 0.05) is 11.8 Å². The zero-order chi connectivity index (χ0) is 22.9. The average molecular weight is 480 g/mol. The summed E-state index contributed by atoms with van der Waals surface area (Å²) in [7, 11) is 0. The molecule has 1 fully saturated rings. The van der Waals surface area contributed by atoms with Crippen LogP contribution in [0.1, 0.15) is 39.7 Å². The minimum Gasteiger partial charge on any atom is -0.478 e. The fourth-order valence-electron chi connectivity index (χ4n) is 3.96. The van der Waals surface area contributed by atoms with Crippen LogP contribution in [0.4, 0.5) is 0 Å². The van der Waals surface area contributed by atoms with Gasteiger partial charge in [-0.05, 0) is 66.8 Å². The number of nitrogens with one attached hydrogen (secondary N) is 1. The normalized spacial score (nSPS) is 17.8. The van der Waals surface area contributed by atoms with Crippen LogP contribution in [0.2, 0.25) is 5.02 Å². The summed E-state index contributed by atoms with van der Waals surface area (Å²) in [6.45, 7) is 0.443. The van der Waals surface area contributed by atoms with Gasteiger partial charge in [0.15, 0.2) is 5.11 Å². The van der Waals surface area contributed by atoms with Crippen LogP contribution in [0.5, 0.6) is 0 Å². The predicted molar refractivity (Wildman–Crippen MR) is 126 cm³/mol. The zero-order valence-corrected chi connectivity index (χ0v) is 18.7. The quantitative estimate of drug-likeness (QED) is 0.352. The molecule has 33 heavy (non-hydrogen) atoms. The SMILES string of the molecule is O=C(O)c1ccc(Cl)c(-c2ccc([C@@H]3[C@H](c4ccccn4)NC(=S)N3Cc3ccco3)o2)c1. The van der Waals surface area contributed by atoms with Gasteiger partial charge in [-0.25, -0.2) is 4.79 Å². The van der Waals surface area contributed by atoms with Gasteiger partial charge < -0.3 is 24.2 Å². The number of hydrogen-bond donors (Lipinski definition) is 2. The number of thiocarbonyl (C=S) groups is 1. The lowest BCUT2D eigenvalue weighted by Gasteiger charge is -2.25. The lowest BCUT2D eigenvalue weighted by molar-refractivity contribution is 0.0697. The van der Waals surface area contributed by atoms with E-state index in [1.807, 2.05) is 41.3 Å². The molecular formula is C24H18ClN3O4S. The Morgan fingerprint density at radius 1 is 1.18 bits per heavy atom. The third-order valence-corrected chi connectivity index (χ3v) is 6.18. The minimum atomic E-state index is -1.04. The minimum absolute atomic E-state index is 0.127. The van der Waals surface area contributed by atoms with Crippen LogP contribution in [-0.2, 0) is 6.54 Å². The van der Waals surface area contributed by atoms with E-state index in [-0.39, 0.29) is 17.6 Å². The van der Waals surface area contributed by atoms with Gasteiger partial charge in [-0.3, -0.25) is 4.98 Å². The van der Waals surface area contributed by atoms with E-state index in [1.54, 1.807) is 24.6 Å². The standard InChI is InChI=1S/C24H18ClN3O4S/c25-17-7-6-14(23(29)30)12-16(17)19-8-9-20(32-19)22-21(18-5-1-2-10-26-18)27-24(33)28(22)13-15-4-3-11-31-15/h1-12,21-22H,13H2,(H,27,33)(H,29,30)/t21-,22+/m0/s1. The number of rotatable bonds is 6. The Kier molecular flexibility index (Phi) is 5.62. The van der Waals surface area contributed by atoms with E-state index in [4.69, 9.17) is 32.7 Å². The molecule has 4 heterocycles. The Morgan fingerprint density at radius 3 is 2.79 bits per heavy atom. The van der Waals surface area contributed by atoms with E-state index in [0.717, 1.165) is 11.5 Å². The van der Waals surface area contributed by atoms with Gasteiger partial charge in [-0.15, -0.1) is 0 Å². The zero-order valence-electron chi connectivity index (χ0n) is 17.1. The lowest BCUT2D eigenvalue weighted by atomic mass is 10.0. The highest BCUT2D eigenvalue weighted by Crippen LogP contribution is 2.42. The van der Waals surface area contributed by atoms with Crippen molar-refractivity contribution >= 4 is 34.9 Å². The molecule has 2 N–H and O–H groups in total. The Balaban J connectivity index is 1.56. The molecule has 0 spiro atoms. The van der Waals surface area contributed by atoms with Crippen molar-refractivity contribution in [3.63, 3.8) is 0 Å². The molecule has 0 saturated carbocycles. The molecular weight excluding hydrogens is 462 g/mol. The summed E-state index contributed by atoms with van der Waals surface area (Å²) in [5, 5.41) is 13.7. The highest BCUT2D eigenvalue weighted by Gasteiger charge is 2.42. The number of furan rings is 2. The molecule has 0 aliphatic carbocycles. The van der Waals surface area contributed by atoms with E-state index in [0.29, 0.717) is 33.8 Å². The van der Waals surface area contributed by atoms with E-state index >= 15 is 0 Å². The van der Waals surface area contributed by atoms with Crippen molar-refractivity contribution in [1.29, 1.82) is 0 Å². The smallest absolute Gasteiger partial charge is 0.335 e. The van der Waals surface area contributed by atoms with Crippen LogP contribution in [0, 0.1) is 0 Å². The predicted octanol–water partition coefficient (Wildman–Crippen LogP) is 5.46. The van der Waals surface area contributed by atoms with Gasteiger partial charge in [-0.1, -0.05) is 17.7 Å². The van der Waals surface area contributed by atoms with E-state index in [9.17, 15) is 9.90 Å². The molecule has 1 aliphatic rings. The molecule has 0 radical (unpaired) electrons. The number of pyridine rings is 1. The number of carbonyl (C=O) groups is 1. The van der Waals surface area contributed by atoms with Crippen LogP contribution in [0.15, 0.2) is 82.0 Å². The second-order valence-corrected chi connectivity index (χ2v) is 8.33. The van der Waals surface area contributed by atoms with Crippen LogP contribution in [-0.4, -0.2) is 26.1 Å². The number of hydrogen-bond acceptors (Lipinski definition) is 5. The summed E-state index contributed by atoms with van der Waals surface area (Å²) in [6.07, 6.45) is 3.35. The topological polar surface area (TPSA) is 91.7 Å². The molecule has 2 atom stereocenters. The summed E-state index contributed by atoms with van der Waals surface area (Å²) in [5.74, 6) is 0.824. The fourth-order valence-corrected chi connectivity index (χ4v) is 4.47. The van der Waals surface area contributed by atoms with Gasteiger partial charge in [0.1, 0.15) is 23.3 Å². The molecule has 9 heteroatoms. The molecule has 3 aromatic heterocycles. The van der Waals surface area contributed by atoms with Gasteiger partial charge in [0.25, 0.3) is 0 Å². The van der Waals surface area contributed by atoms with Gasteiger partial charge in [0.05, 0.1) is 35.1 Å². The highest BCUT2D eigenvalue weighted by molar-refractivity contribution is 7.80. The number of aromatic carboxylic acids is 1. The summed E-state index contributed by atoms with van der Waals surface area (Å²) < 4.78 is 11.8. The molecule has 0 bridgehead atoms. The van der Waals surface area contributed by atoms with Crippen molar-refractivity contribution in [3.05, 3.63) is 101 Å². The molecule has 0 amide bonds. The monoisotopic (exact) mass is 479 g/mol. The summed E-state index contributed by atoms with van der Waals surface area (Å²) in [5.41, 5.74) is 1.45. The van der Waals surface area contributed by atoms with Gasteiger partial charge >= 0.3 is 5.97 Å². The molecule has 7 nitrogen and oxygen atoms in total. The Bertz CT molecular complexity index is 1310. The maximum atomic E-state index is 11.4. The van der Waals surface area contributed by atoms with Crippen molar-refractivity contribution in [2.75, 3.05) is 0 Å². The van der Waals surface area contributed by atoms with E-state index < -0.39 is 5.97 Å². The van der Waals surface area contributed by atoms with Crippen LogP contribution < -0.4 is 5.32 Å². The number of nitrogens with zero attached hydrogens (tertiary/aromatic N) is 2. The maximum Gasteiger partial charge on any atom is 0.335 e. The first-order valence-corrected chi connectivity index (χ1v) is 10.9. The number of carboxylic acids is 1. The van der Waals surface area contributed by atoms with Crippen molar-refractivity contribution in [3.8, 4) is 11.3 Å². The summed E-state index contributed by atoms with van der Waals surface area (Å²) >= 11 is 12.0. The second kappa shape index (κ2) is 8.73. The first-order chi connectivity index (χ1) is 16.0. The average Bonchev–Trinajstić information content (AvgIpc) is 3.56. The fraction of sp³-hybridized carbons (Fsp3) is 0.125. The number of aromatic nitrogens is 1. The van der Waals surface area contributed by atoms with E-state index in [1.165, 1.54) is 12.1 Å². The van der Waals surface area contributed by atoms with Crippen molar-refractivity contribution < 1.29 is 18.7 Å². The van der Waals surface area contributed by atoms with Crippen molar-refractivity contribution in [2.45, 2.75) is 18.6 Å². The Hall–Kier alpha value is -3.62. The molecule has 1 aromatic carbocycles. The molecule has 1 saturated heterocycles. The molecule has 166 valence electrons. The Morgan fingerprint density at radius 2 is 2.06 bits per heavy atom. The largest absolute Gasteiger partial charge is 0.478 e. The summed E-state index contributed by atoms with van der Waals surface area (Å²) in [4.78, 5) is 17.9. The maximum absolute atomic E-state index is 11.4. The molecule has 5 rings (SSSR count). The van der Waals surface area contributed by atoms with Crippen LogP contribution >= 0.6 is 23.8 Å².